The quantitative estimate of drug-likeness (QED) is 0.861. The number of aromatic nitrogens is 3. The number of hydrogen-bond acceptors (Lipinski definition) is 5. The van der Waals surface area contributed by atoms with Crippen LogP contribution in [0.5, 0.6) is 0 Å². The van der Waals surface area contributed by atoms with Gasteiger partial charge in [0.2, 0.25) is 0 Å². The van der Waals surface area contributed by atoms with E-state index in [4.69, 9.17) is 0 Å². The molecule has 0 saturated heterocycles. The Bertz CT molecular complexity index is 521. The summed E-state index contributed by atoms with van der Waals surface area (Å²) < 4.78 is 0. The van der Waals surface area contributed by atoms with E-state index in [1.54, 1.807) is 0 Å². The fourth-order valence-electron chi connectivity index (χ4n) is 1.58. The highest BCUT2D eigenvalue weighted by Crippen LogP contribution is 2.11. The van der Waals surface area contributed by atoms with Crippen LogP contribution in [0.15, 0.2) is 24.4 Å². The van der Waals surface area contributed by atoms with Gasteiger partial charge in [-0.2, -0.15) is 0 Å². The van der Waals surface area contributed by atoms with Gasteiger partial charge in [-0.1, -0.05) is 6.07 Å². The van der Waals surface area contributed by atoms with Crippen molar-refractivity contribution in [1.82, 2.24) is 15.0 Å². The van der Waals surface area contributed by atoms with Gasteiger partial charge in [0, 0.05) is 31.5 Å². The smallest absolute Gasteiger partial charge is 0.132 e. The largest absolute Gasteiger partial charge is 0.373 e. The molecule has 0 saturated carbocycles. The molecule has 2 rings (SSSR count). The lowest BCUT2D eigenvalue weighted by Gasteiger charge is -2.08. The van der Waals surface area contributed by atoms with Crippen molar-refractivity contribution < 1.29 is 0 Å². The van der Waals surface area contributed by atoms with Crippen LogP contribution in [0, 0.1) is 13.8 Å². The van der Waals surface area contributed by atoms with E-state index in [0.29, 0.717) is 6.54 Å². The first-order chi connectivity index (χ1) is 8.67. The molecule has 2 heterocycles. The second-order valence-corrected chi connectivity index (χ2v) is 4.10. The molecule has 2 N–H and O–H groups in total. The molecule has 0 atom stereocenters. The maximum absolute atomic E-state index is 4.33. The topological polar surface area (TPSA) is 62.7 Å². The van der Waals surface area contributed by atoms with Gasteiger partial charge in [0.15, 0.2) is 0 Å². The lowest BCUT2D eigenvalue weighted by molar-refractivity contribution is 1.01. The van der Waals surface area contributed by atoms with E-state index >= 15 is 0 Å². The molecule has 5 nitrogen and oxygen atoms in total. The van der Waals surface area contributed by atoms with Crippen molar-refractivity contribution in [3.63, 3.8) is 0 Å². The molecular formula is C13H17N5. The minimum absolute atomic E-state index is 0.701. The Morgan fingerprint density at radius 3 is 2.56 bits per heavy atom. The predicted octanol–water partition coefficient (Wildman–Crippen LogP) is 2.14. The molecule has 0 aliphatic carbocycles. The van der Waals surface area contributed by atoms with Crippen molar-refractivity contribution in [3.8, 4) is 0 Å². The molecule has 5 heteroatoms. The van der Waals surface area contributed by atoms with E-state index in [1.807, 2.05) is 39.2 Å². The van der Waals surface area contributed by atoms with Gasteiger partial charge in [0.1, 0.15) is 17.5 Å². The zero-order valence-electron chi connectivity index (χ0n) is 10.9. The fourth-order valence-corrected chi connectivity index (χ4v) is 1.58. The number of nitrogens with one attached hydrogen (secondary N) is 2. The Morgan fingerprint density at radius 1 is 1.11 bits per heavy atom. The van der Waals surface area contributed by atoms with Crippen molar-refractivity contribution in [2.24, 2.45) is 0 Å². The Kier molecular flexibility index (Phi) is 3.72. The van der Waals surface area contributed by atoms with Crippen molar-refractivity contribution in [2.75, 3.05) is 17.7 Å². The molecule has 0 spiro atoms. The second kappa shape index (κ2) is 5.44. The molecule has 0 bridgehead atoms. The first kappa shape index (κ1) is 12.3. The van der Waals surface area contributed by atoms with E-state index < -0.39 is 0 Å². The number of rotatable bonds is 4. The van der Waals surface area contributed by atoms with Crippen LogP contribution >= 0.6 is 0 Å². The normalized spacial score (nSPS) is 10.2. The summed E-state index contributed by atoms with van der Waals surface area (Å²) in [5.41, 5.74) is 2.15. The number of anilines is 2. The van der Waals surface area contributed by atoms with Crippen LogP contribution in [0.2, 0.25) is 0 Å². The molecule has 2 aromatic heterocycles. The Labute approximate surface area is 107 Å². The van der Waals surface area contributed by atoms with Gasteiger partial charge in [-0.3, -0.25) is 4.98 Å². The van der Waals surface area contributed by atoms with Crippen molar-refractivity contribution >= 4 is 11.6 Å². The van der Waals surface area contributed by atoms with Crippen LogP contribution in [0.4, 0.5) is 11.6 Å². The molecule has 0 aliphatic rings. The summed E-state index contributed by atoms with van der Waals surface area (Å²) in [5, 5.41) is 6.28. The minimum atomic E-state index is 0.701. The van der Waals surface area contributed by atoms with Crippen LogP contribution in [0.25, 0.3) is 0 Å². The van der Waals surface area contributed by atoms with Gasteiger partial charge in [0.25, 0.3) is 0 Å². The van der Waals surface area contributed by atoms with Crippen LogP contribution < -0.4 is 10.6 Å². The van der Waals surface area contributed by atoms with Crippen LogP contribution in [-0.2, 0) is 6.54 Å². The number of hydrogen-bond donors (Lipinski definition) is 2. The van der Waals surface area contributed by atoms with E-state index in [0.717, 1.165) is 28.7 Å². The average molecular weight is 243 g/mol. The molecule has 0 aliphatic heterocycles. The summed E-state index contributed by atoms with van der Waals surface area (Å²) in [4.78, 5) is 12.8. The summed E-state index contributed by atoms with van der Waals surface area (Å²) >= 11 is 0. The van der Waals surface area contributed by atoms with E-state index in [1.165, 1.54) is 0 Å². The number of nitrogens with zero attached hydrogens (tertiary/aromatic N) is 3. The third kappa shape index (κ3) is 3.16. The van der Waals surface area contributed by atoms with Gasteiger partial charge in [-0.15, -0.1) is 0 Å². The zero-order valence-corrected chi connectivity index (χ0v) is 10.9. The molecule has 0 aromatic carbocycles. The van der Waals surface area contributed by atoms with Gasteiger partial charge >= 0.3 is 0 Å². The molecule has 2 aromatic rings. The molecular weight excluding hydrogens is 226 g/mol. The molecule has 18 heavy (non-hydrogen) atoms. The maximum Gasteiger partial charge on any atom is 0.132 e. The average Bonchev–Trinajstić information content (AvgIpc) is 2.37. The summed E-state index contributed by atoms with van der Waals surface area (Å²) in [5.74, 6) is 2.37. The van der Waals surface area contributed by atoms with Crippen LogP contribution in [-0.4, -0.2) is 22.0 Å². The number of pyridine rings is 1. The Morgan fingerprint density at radius 2 is 1.89 bits per heavy atom. The summed E-state index contributed by atoms with van der Waals surface area (Å²) in [7, 11) is 1.84. The summed E-state index contributed by atoms with van der Waals surface area (Å²) in [6, 6.07) is 5.94. The highest BCUT2D eigenvalue weighted by molar-refractivity contribution is 5.47. The Balaban J connectivity index is 2.05. The fraction of sp³-hybridized carbons (Fsp3) is 0.308. The predicted molar refractivity (Wildman–Crippen MR) is 72.6 cm³/mol. The molecule has 0 amide bonds. The first-order valence-corrected chi connectivity index (χ1v) is 5.86. The monoisotopic (exact) mass is 243 g/mol. The number of aryl methyl sites for hydroxylation is 2. The van der Waals surface area contributed by atoms with E-state index in [2.05, 4.69) is 31.7 Å². The first-order valence-electron chi connectivity index (χ1n) is 5.86. The highest BCUT2D eigenvalue weighted by atomic mass is 15.1. The van der Waals surface area contributed by atoms with Crippen LogP contribution in [0.1, 0.15) is 17.1 Å². The lowest BCUT2D eigenvalue weighted by Crippen LogP contribution is -2.05. The molecule has 0 radical (unpaired) electrons. The van der Waals surface area contributed by atoms with Crippen molar-refractivity contribution in [2.45, 2.75) is 20.4 Å². The van der Waals surface area contributed by atoms with Crippen molar-refractivity contribution in [3.05, 3.63) is 41.5 Å². The van der Waals surface area contributed by atoms with Gasteiger partial charge in [0.05, 0.1) is 0 Å². The van der Waals surface area contributed by atoms with Crippen molar-refractivity contribution in [1.29, 1.82) is 0 Å². The molecule has 94 valence electrons. The molecule has 0 fully saturated rings. The van der Waals surface area contributed by atoms with Gasteiger partial charge in [-0.25, -0.2) is 9.97 Å². The maximum atomic E-state index is 4.33. The van der Waals surface area contributed by atoms with Gasteiger partial charge < -0.3 is 10.6 Å². The second-order valence-electron chi connectivity index (χ2n) is 4.10. The summed E-state index contributed by atoms with van der Waals surface area (Å²) in [6.07, 6.45) is 1.87. The third-order valence-corrected chi connectivity index (χ3v) is 2.54. The SMILES string of the molecule is CNc1cc(NCc2ccc(C)nc2)nc(C)n1. The van der Waals surface area contributed by atoms with Gasteiger partial charge in [-0.05, 0) is 25.5 Å². The standard InChI is InChI=1S/C13H17N5/c1-9-4-5-11(7-15-9)8-16-13-6-12(14-3)17-10(2)18-13/h4-7H,8H2,1-3H3,(H2,14,16,17,18). The zero-order chi connectivity index (χ0) is 13.0. The van der Waals surface area contributed by atoms with Crippen LogP contribution in [0.3, 0.4) is 0 Å². The lowest BCUT2D eigenvalue weighted by atomic mass is 10.2. The minimum Gasteiger partial charge on any atom is -0.373 e. The van der Waals surface area contributed by atoms with E-state index in [-0.39, 0.29) is 0 Å². The molecule has 0 unspecified atom stereocenters. The summed E-state index contributed by atoms with van der Waals surface area (Å²) in [6.45, 7) is 4.55. The highest BCUT2D eigenvalue weighted by Gasteiger charge is 2.00. The van der Waals surface area contributed by atoms with E-state index in [9.17, 15) is 0 Å². The Hall–Kier alpha value is -2.17. The third-order valence-electron chi connectivity index (χ3n) is 2.54.